The zero-order valence-corrected chi connectivity index (χ0v) is 16.2. The van der Waals surface area contributed by atoms with E-state index in [-0.39, 0.29) is 6.54 Å². The Balaban J connectivity index is 1.67. The lowest BCUT2D eigenvalue weighted by atomic mass is 10.1. The van der Waals surface area contributed by atoms with E-state index in [4.69, 9.17) is 4.74 Å². The smallest absolute Gasteiger partial charge is 0.333 e. The quantitative estimate of drug-likeness (QED) is 0.516. The molecule has 0 radical (unpaired) electrons. The van der Waals surface area contributed by atoms with Crippen LogP contribution in [0.1, 0.15) is 11.9 Å². The molecule has 0 aliphatic carbocycles. The molecule has 1 fully saturated rings. The van der Waals surface area contributed by atoms with Crippen LogP contribution in [0.4, 0.5) is 4.39 Å². The molecule has 4 atom stereocenters. The number of rotatable bonds is 5. The van der Waals surface area contributed by atoms with Gasteiger partial charge in [-0.25, -0.2) is 9.18 Å². The fourth-order valence-corrected chi connectivity index (χ4v) is 3.55. The van der Waals surface area contributed by atoms with Gasteiger partial charge in [0.25, 0.3) is 5.56 Å². The first-order chi connectivity index (χ1) is 14.9. The third-order valence-corrected chi connectivity index (χ3v) is 5.18. The minimum Gasteiger partial charge on any atom is -0.394 e. The van der Waals surface area contributed by atoms with Crippen LogP contribution in [0.15, 0.2) is 64.4 Å². The Labute approximate surface area is 175 Å². The molecule has 3 aromatic rings. The molecule has 0 amide bonds. The van der Waals surface area contributed by atoms with Crippen molar-refractivity contribution in [2.75, 3.05) is 6.61 Å². The average Bonchev–Trinajstić information content (AvgIpc) is 3.05. The number of nitrogens with zero attached hydrogens (tertiary/aromatic N) is 3. The molecule has 9 nitrogen and oxygen atoms in total. The van der Waals surface area contributed by atoms with Gasteiger partial charge in [-0.2, -0.15) is 0 Å². The second-order valence-electron chi connectivity index (χ2n) is 7.21. The Bertz CT molecular complexity index is 1210. The van der Waals surface area contributed by atoms with Crippen molar-refractivity contribution in [1.82, 2.24) is 14.1 Å². The van der Waals surface area contributed by atoms with Gasteiger partial charge in [0.1, 0.15) is 24.1 Å². The highest BCUT2D eigenvalue weighted by Gasteiger charge is 2.43. The lowest BCUT2D eigenvalue weighted by molar-refractivity contribution is -0.0555. The van der Waals surface area contributed by atoms with Gasteiger partial charge in [0, 0.05) is 18.5 Å². The van der Waals surface area contributed by atoms with Crippen LogP contribution in [0.2, 0.25) is 0 Å². The molecule has 10 heteroatoms. The van der Waals surface area contributed by atoms with Crippen LogP contribution in [0.25, 0.3) is 11.1 Å². The molecular weight excluding hydrogens is 409 g/mol. The van der Waals surface area contributed by atoms with E-state index in [1.54, 1.807) is 24.3 Å². The van der Waals surface area contributed by atoms with Crippen LogP contribution in [-0.2, 0) is 11.3 Å². The van der Waals surface area contributed by atoms with Crippen molar-refractivity contribution in [2.24, 2.45) is 0 Å². The Morgan fingerprint density at radius 2 is 1.84 bits per heavy atom. The highest BCUT2D eigenvalue weighted by atomic mass is 19.1. The fraction of sp³-hybridized carbons (Fsp3) is 0.286. The molecule has 162 valence electrons. The predicted octanol–water partition coefficient (Wildman–Crippen LogP) is -0.129. The molecule has 1 aliphatic heterocycles. The van der Waals surface area contributed by atoms with Crippen LogP contribution >= 0.6 is 0 Å². The third kappa shape index (κ3) is 4.06. The monoisotopic (exact) mass is 429 g/mol. The number of halogens is 1. The van der Waals surface area contributed by atoms with Gasteiger partial charge in [-0.1, -0.05) is 12.1 Å². The summed E-state index contributed by atoms with van der Waals surface area (Å²) in [6.07, 6.45) is -2.51. The van der Waals surface area contributed by atoms with E-state index in [0.717, 1.165) is 21.4 Å². The first kappa shape index (κ1) is 21.1. The van der Waals surface area contributed by atoms with Gasteiger partial charge >= 0.3 is 5.69 Å². The molecule has 31 heavy (non-hydrogen) atoms. The maximum absolute atomic E-state index is 13.5. The summed E-state index contributed by atoms with van der Waals surface area (Å²) < 4.78 is 20.8. The van der Waals surface area contributed by atoms with Crippen molar-refractivity contribution in [3.05, 3.63) is 87.2 Å². The molecule has 4 unspecified atom stereocenters. The van der Waals surface area contributed by atoms with Gasteiger partial charge in [0.05, 0.1) is 18.8 Å². The summed E-state index contributed by atoms with van der Waals surface area (Å²) in [6.45, 7) is -0.712. The molecule has 0 bridgehead atoms. The molecule has 3 N–H and O–H groups in total. The number of aliphatic hydroxyl groups excluding tert-OH is 3. The number of aliphatic hydroxyl groups is 3. The van der Waals surface area contributed by atoms with Crippen molar-refractivity contribution in [1.29, 1.82) is 0 Å². The Morgan fingerprint density at radius 1 is 1.06 bits per heavy atom. The Kier molecular flexibility index (Phi) is 5.79. The highest BCUT2D eigenvalue weighted by molar-refractivity contribution is 5.63. The first-order valence-corrected chi connectivity index (χ1v) is 9.54. The van der Waals surface area contributed by atoms with Crippen LogP contribution in [-0.4, -0.2) is 54.4 Å². The normalized spacial score (nSPS) is 23.2. The van der Waals surface area contributed by atoms with Crippen molar-refractivity contribution in [3.8, 4) is 11.1 Å². The number of aromatic nitrogens is 3. The minimum absolute atomic E-state index is 0.170. The molecule has 1 aliphatic rings. The maximum Gasteiger partial charge on any atom is 0.333 e. The number of benzene rings is 1. The largest absolute Gasteiger partial charge is 0.394 e. The second kappa shape index (κ2) is 8.52. The van der Waals surface area contributed by atoms with Crippen molar-refractivity contribution < 1.29 is 24.4 Å². The summed E-state index contributed by atoms with van der Waals surface area (Å²) in [5, 5.41) is 29.4. The standard InChI is InChI=1S/C21H20FN3O6/c22-14-3-1-2-12(8-14)13-4-6-23-15(9-13)10-25-17(27)5-7-24(21(25)30)20-19(29)18(28)16(11-26)31-20/h1-9,16,18-20,26,28-29H,10-11H2. The average molecular weight is 429 g/mol. The lowest BCUT2D eigenvalue weighted by Crippen LogP contribution is -2.43. The third-order valence-electron chi connectivity index (χ3n) is 5.18. The fourth-order valence-electron chi connectivity index (χ4n) is 3.55. The molecule has 1 aromatic carbocycles. The number of hydrogen-bond donors (Lipinski definition) is 3. The van der Waals surface area contributed by atoms with Crippen LogP contribution in [0.3, 0.4) is 0 Å². The molecule has 2 aromatic heterocycles. The zero-order valence-electron chi connectivity index (χ0n) is 16.2. The number of hydrogen-bond acceptors (Lipinski definition) is 7. The second-order valence-corrected chi connectivity index (χ2v) is 7.21. The first-order valence-electron chi connectivity index (χ1n) is 9.54. The lowest BCUT2D eigenvalue weighted by Gasteiger charge is -2.18. The molecule has 0 spiro atoms. The van der Waals surface area contributed by atoms with Gasteiger partial charge in [0.15, 0.2) is 6.23 Å². The van der Waals surface area contributed by atoms with E-state index in [1.807, 2.05) is 0 Å². The summed E-state index contributed by atoms with van der Waals surface area (Å²) in [5.41, 5.74) is 0.302. The van der Waals surface area contributed by atoms with E-state index in [1.165, 1.54) is 18.3 Å². The number of pyridine rings is 1. The maximum atomic E-state index is 13.5. The summed E-state index contributed by atoms with van der Waals surface area (Å²) in [7, 11) is 0. The molecule has 3 heterocycles. The topological polar surface area (TPSA) is 127 Å². The van der Waals surface area contributed by atoms with E-state index in [9.17, 15) is 29.3 Å². The van der Waals surface area contributed by atoms with Crippen molar-refractivity contribution in [2.45, 2.75) is 31.1 Å². The highest BCUT2D eigenvalue weighted by Crippen LogP contribution is 2.28. The van der Waals surface area contributed by atoms with E-state index < -0.39 is 48.2 Å². The zero-order chi connectivity index (χ0) is 22.1. The Morgan fingerprint density at radius 3 is 2.55 bits per heavy atom. The van der Waals surface area contributed by atoms with Crippen LogP contribution in [0, 0.1) is 5.82 Å². The SMILES string of the molecule is O=c1ccn(C2OC(CO)C(O)C2O)c(=O)n1Cc1cc(-c2cccc(F)c2)ccn1. The van der Waals surface area contributed by atoms with Crippen molar-refractivity contribution in [3.63, 3.8) is 0 Å². The van der Waals surface area contributed by atoms with E-state index >= 15 is 0 Å². The van der Waals surface area contributed by atoms with E-state index in [2.05, 4.69) is 4.98 Å². The van der Waals surface area contributed by atoms with Gasteiger partial charge in [-0.15, -0.1) is 0 Å². The summed E-state index contributed by atoms with van der Waals surface area (Å²) >= 11 is 0. The number of ether oxygens (including phenoxy) is 1. The molecule has 0 saturated carbocycles. The van der Waals surface area contributed by atoms with Gasteiger partial charge in [-0.3, -0.25) is 18.9 Å². The van der Waals surface area contributed by atoms with Gasteiger partial charge in [0.2, 0.25) is 0 Å². The summed E-state index contributed by atoms with van der Waals surface area (Å²) in [6, 6.07) is 10.5. The van der Waals surface area contributed by atoms with Crippen LogP contribution in [0.5, 0.6) is 0 Å². The van der Waals surface area contributed by atoms with Crippen LogP contribution < -0.4 is 11.2 Å². The predicted molar refractivity (Wildman–Crippen MR) is 107 cm³/mol. The van der Waals surface area contributed by atoms with E-state index in [0.29, 0.717) is 16.8 Å². The summed E-state index contributed by atoms with van der Waals surface area (Å²) in [5.74, 6) is -0.392. The molecule has 4 rings (SSSR count). The van der Waals surface area contributed by atoms with Gasteiger partial charge < -0.3 is 20.1 Å². The van der Waals surface area contributed by atoms with Gasteiger partial charge in [-0.05, 0) is 35.4 Å². The summed E-state index contributed by atoms with van der Waals surface area (Å²) in [4.78, 5) is 29.5. The molecular formula is C21H20FN3O6. The van der Waals surface area contributed by atoms with Crippen molar-refractivity contribution >= 4 is 0 Å². The minimum atomic E-state index is -1.46. The molecule has 1 saturated heterocycles. The Hall–Kier alpha value is -3.18.